The fourth-order valence-electron chi connectivity index (χ4n) is 1.96. The zero-order valence-electron chi connectivity index (χ0n) is 12.4. The van der Waals surface area contributed by atoms with E-state index in [0.717, 1.165) is 11.3 Å². The molecule has 7 heteroatoms. The van der Waals surface area contributed by atoms with Gasteiger partial charge in [0.2, 0.25) is 5.88 Å². The van der Waals surface area contributed by atoms with Gasteiger partial charge in [0.25, 0.3) is 5.91 Å². The maximum atomic E-state index is 12.4. The molecule has 23 heavy (non-hydrogen) atoms. The third-order valence-electron chi connectivity index (χ3n) is 2.98. The number of carbonyl (C=O) groups is 1. The van der Waals surface area contributed by atoms with E-state index in [0.29, 0.717) is 23.2 Å². The summed E-state index contributed by atoms with van der Waals surface area (Å²) in [4.78, 5) is 24.9. The number of nitrogens with one attached hydrogen (secondary N) is 1. The van der Waals surface area contributed by atoms with E-state index in [4.69, 9.17) is 4.74 Å². The fraction of sp³-hybridized carbons (Fsp3) is 0.125. The van der Waals surface area contributed by atoms with Crippen LogP contribution in [0.3, 0.4) is 0 Å². The number of hydrogen-bond acceptors (Lipinski definition) is 6. The predicted octanol–water partition coefficient (Wildman–Crippen LogP) is 3.25. The molecular weight excluding hydrogens is 312 g/mol. The summed E-state index contributed by atoms with van der Waals surface area (Å²) in [6, 6.07) is 7.13. The average Bonchev–Trinajstić information content (AvgIpc) is 3.05. The Morgan fingerprint density at radius 3 is 2.96 bits per heavy atom. The van der Waals surface area contributed by atoms with Gasteiger partial charge in [-0.25, -0.2) is 9.97 Å². The minimum atomic E-state index is -0.298. The Hall–Kier alpha value is -2.80. The minimum absolute atomic E-state index is 0.298. The van der Waals surface area contributed by atoms with Crippen LogP contribution in [0.4, 0.5) is 5.13 Å². The van der Waals surface area contributed by atoms with Crippen LogP contribution in [-0.4, -0.2) is 27.5 Å². The molecule has 3 aromatic heterocycles. The summed E-state index contributed by atoms with van der Waals surface area (Å²) in [7, 11) is 0. The van der Waals surface area contributed by atoms with Gasteiger partial charge in [0, 0.05) is 29.5 Å². The highest BCUT2D eigenvalue weighted by Crippen LogP contribution is 2.25. The van der Waals surface area contributed by atoms with Gasteiger partial charge in [-0.1, -0.05) is 0 Å². The van der Waals surface area contributed by atoms with E-state index in [1.54, 1.807) is 30.7 Å². The van der Waals surface area contributed by atoms with Crippen LogP contribution in [0.2, 0.25) is 0 Å². The lowest BCUT2D eigenvalue weighted by molar-refractivity contribution is 0.102. The number of thiazole rings is 1. The minimum Gasteiger partial charge on any atom is -0.477 e. The Labute approximate surface area is 137 Å². The summed E-state index contributed by atoms with van der Waals surface area (Å²) in [6.07, 6.45) is 5.02. The number of nitrogens with zero attached hydrogens (tertiary/aromatic N) is 3. The molecule has 116 valence electrons. The molecule has 1 amide bonds. The highest BCUT2D eigenvalue weighted by Gasteiger charge is 2.15. The molecule has 0 radical (unpaired) electrons. The molecule has 0 fully saturated rings. The van der Waals surface area contributed by atoms with E-state index in [1.807, 2.05) is 24.4 Å². The van der Waals surface area contributed by atoms with Gasteiger partial charge < -0.3 is 4.74 Å². The Morgan fingerprint density at radius 2 is 2.17 bits per heavy atom. The van der Waals surface area contributed by atoms with Gasteiger partial charge in [0.1, 0.15) is 5.56 Å². The standard InChI is InChI=1S/C16H14N4O2S/c1-2-22-15-12(6-4-8-18-15)14(21)20-16-19-13(10-23-16)11-5-3-7-17-9-11/h3-10H,2H2,1H3,(H,19,20,21). The van der Waals surface area contributed by atoms with Crippen molar-refractivity contribution in [3.63, 3.8) is 0 Å². The van der Waals surface area contributed by atoms with Gasteiger partial charge in [0.15, 0.2) is 5.13 Å². The average molecular weight is 326 g/mol. The lowest BCUT2D eigenvalue weighted by Gasteiger charge is -2.07. The SMILES string of the molecule is CCOc1ncccc1C(=O)Nc1nc(-c2cccnc2)cs1. The zero-order chi connectivity index (χ0) is 16.1. The maximum Gasteiger partial charge on any atom is 0.262 e. The van der Waals surface area contributed by atoms with Crippen LogP contribution in [0.1, 0.15) is 17.3 Å². The summed E-state index contributed by atoms with van der Waals surface area (Å²) in [6.45, 7) is 2.29. The Kier molecular flexibility index (Phi) is 4.58. The number of aromatic nitrogens is 3. The van der Waals surface area contributed by atoms with Crippen LogP contribution in [0.5, 0.6) is 5.88 Å². The summed E-state index contributed by atoms with van der Waals surface area (Å²) in [5.41, 5.74) is 2.06. The van der Waals surface area contributed by atoms with Crippen molar-refractivity contribution in [3.05, 3.63) is 53.8 Å². The summed E-state index contributed by atoms with van der Waals surface area (Å²) in [5.74, 6) is 0.0187. The second kappa shape index (κ2) is 6.97. The number of rotatable bonds is 5. The summed E-state index contributed by atoms with van der Waals surface area (Å²) >= 11 is 1.35. The van der Waals surface area contributed by atoms with Crippen LogP contribution >= 0.6 is 11.3 Å². The lowest BCUT2D eigenvalue weighted by Crippen LogP contribution is -2.14. The zero-order valence-corrected chi connectivity index (χ0v) is 13.2. The molecule has 0 aliphatic heterocycles. The van der Waals surface area contributed by atoms with E-state index >= 15 is 0 Å². The molecule has 0 unspecified atom stereocenters. The van der Waals surface area contributed by atoms with Gasteiger partial charge in [-0.3, -0.25) is 15.1 Å². The molecule has 0 aromatic carbocycles. The van der Waals surface area contributed by atoms with Crippen molar-refractivity contribution in [2.45, 2.75) is 6.92 Å². The van der Waals surface area contributed by atoms with Crippen LogP contribution in [-0.2, 0) is 0 Å². The second-order valence-electron chi connectivity index (χ2n) is 4.52. The molecule has 1 N–H and O–H groups in total. The van der Waals surface area contributed by atoms with E-state index in [-0.39, 0.29) is 5.91 Å². The monoisotopic (exact) mass is 326 g/mol. The van der Waals surface area contributed by atoms with Gasteiger partial charge in [-0.05, 0) is 31.2 Å². The number of ether oxygens (including phenoxy) is 1. The fourth-order valence-corrected chi connectivity index (χ4v) is 2.67. The molecule has 3 aromatic rings. The number of anilines is 1. The molecule has 6 nitrogen and oxygen atoms in total. The van der Waals surface area contributed by atoms with E-state index < -0.39 is 0 Å². The van der Waals surface area contributed by atoms with Crippen molar-refractivity contribution in [3.8, 4) is 17.1 Å². The third-order valence-corrected chi connectivity index (χ3v) is 3.74. The molecule has 0 aliphatic carbocycles. The number of carbonyl (C=O) groups excluding carboxylic acids is 1. The molecule has 3 heterocycles. The van der Waals surface area contributed by atoms with Gasteiger partial charge in [0.05, 0.1) is 12.3 Å². The Bertz CT molecular complexity index is 805. The normalized spacial score (nSPS) is 10.3. The van der Waals surface area contributed by atoms with E-state index in [2.05, 4.69) is 20.3 Å². The summed E-state index contributed by atoms with van der Waals surface area (Å²) < 4.78 is 5.37. The molecule has 0 saturated carbocycles. The quantitative estimate of drug-likeness (QED) is 0.779. The molecule has 0 atom stereocenters. The maximum absolute atomic E-state index is 12.4. The lowest BCUT2D eigenvalue weighted by atomic mass is 10.2. The molecule has 0 spiro atoms. The highest BCUT2D eigenvalue weighted by molar-refractivity contribution is 7.14. The summed E-state index contributed by atoms with van der Waals surface area (Å²) in [5, 5.41) is 5.16. The van der Waals surface area contributed by atoms with Crippen molar-refractivity contribution in [1.29, 1.82) is 0 Å². The molecule has 0 saturated heterocycles. The number of hydrogen-bond donors (Lipinski definition) is 1. The molecular formula is C16H14N4O2S. The van der Waals surface area contributed by atoms with Crippen molar-refractivity contribution in [2.24, 2.45) is 0 Å². The van der Waals surface area contributed by atoms with Crippen LogP contribution in [0.15, 0.2) is 48.2 Å². The van der Waals surface area contributed by atoms with Gasteiger partial charge in [-0.2, -0.15) is 0 Å². The number of pyridine rings is 2. The van der Waals surface area contributed by atoms with Crippen molar-refractivity contribution in [2.75, 3.05) is 11.9 Å². The highest BCUT2D eigenvalue weighted by atomic mass is 32.1. The number of amides is 1. The van der Waals surface area contributed by atoms with Crippen molar-refractivity contribution >= 4 is 22.4 Å². The van der Waals surface area contributed by atoms with Gasteiger partial charge >= 0.3 is 0 Å². The Balaban J connectivity index is 1.78. The molecule has 3 rings (SSSR count). The topological polar surface area (TPSA) is 77.0 Å². The van der Waals surface area contributed by atoms with E-state index in [1.165, 1.54) is 11.3 Å². The van der Waals surface area contributed by atoms with Gasteiger partial charge in [-0.15, -0.1) is 11.3 Å². The molecule has 0 aliphatic rings. The Morgan fingerprint density at radius 1 is 1.30 bits per heavy atom. The van der Waals surface area contributed by atoms with E-state index in [9.17, 15) is 4.79 Å². The van der Waals surface area contributed by atoms with Crippen LogP contribution in [0.25, 0.3) is 11.3 Å². The first-order chi connectivity index (χ1) is 11.3. The first-order valence-electron chi connectivity index (χ1n) is 7.03. The second-order valence-corrected chi connectivity index (χ2v) is 5.38. The largest absolute Gasteiger partial charge is 0.477 e. The van der Waals surface area contributed by atoms with Crippen molar-refractivity contribution < 1.29 is 9.53 Å². The molecule has 0 bridgehead atoms. The smallest absolute Gasteiger partial charge is 0.262 e. The third kappa shape index (κ3) is 3.51. The first-order valence-corrected chi connectivity index (χ1v) is 7.91. The van der Waals surface area contributed by atoms with Crippen LogP contribution in [0, 0.1) is 0 Å². The predicted molar refractivity (Wildman–Crippen MR) is 88.7 cm³/mol. The van der Waals surface area contributed by atoms with Crippen LogP contribution < -0.4 is 10.1 Å². The first kappa shape index (κ1) is 15.1. The van der Waals surface area contributed by atoms with Crippen molar-refractivity contribution in [1.82, 2.24) is 15.0 Å².